The van der Waals surface area contributed by atoms with Crippen molar-refractivity contribution in [1.82, 2.24) is 5.32 Å². The summed E-state index contributed by atoms with van der Waals surface area (Å²) in [5.41, 5.74) is 0.961. The van der Waals surface area contributed by atoms with Crippen LogP contribution in [0.3, 0.4) is 0 Å². The molecular formula is C27H45NO9Si. The predicted molar refractivity (Wildman–Crippen MR) is 148 cm³/mol. The van der Waals surface area contributed by atoms with E-state index < -0.39 is 20.9 Å². The van der Waals surface area contributed by atoms with Crippen molar-refractivity contribution in [3.05, 3.63) is 29.3 Å². The molecular weight excluding hydrogens is 510 g/mol. The minimum absolute atomic E-state index is 0.303. The normalized spacial score (nSPS) is 11.8. The minimum atomic E-state index is -2.70. The molecule has 1 rings (SSSR count). The van der Waals surface area contributed by atoms with Crippen molar-refractivity contribution >= 4 is 26.9 Å². The Kier molecular flexibility index (Phi) is 17.1. The first-order chi connectivity index (χ1) is 18.3. The van der Waals surface area contributed by atoms with E-state index in [1.165, 1.54) is 0 Å². The largest absolute Gasteiger partial charge is 0.500 e. The van der Waals surface area contributed by atoms with Crippen molar-refractivity contribution in [2.24, 2.45) is 0 Å². The third-order valence-corrected chi connectivity index (χ3v) is 8.79. The lowest BCUT2D eigenvalue weighted by Crippen LogP contribution is -2.46. The van der Waals surface area contributed by atoms with Crippen molar-refractivity contribution in [3.8, 4) is 11.5 Å². The number of carboxylic acid groups (broad SMARTS) is 1. The summed E-state index contributed by atoms with van der Waals surface area (Å²) in [5.74, 6) is 0.250. The third-order valence-electron chi connectivity index (χ3n) is 5.64. The number of hydrogen-bond donors (Lipinski definition) is 2. The second kappa shape index (κ2) is 19.5. The second-order valence-corrected chi connectivity index (χ2v) is 11.1. The molecule has 0 saturated heterocycles. The van der Waals surface area contributed by atoms with Crippen LogP contribution in [0.15, 0.2) is 23.8 Å². The Balaban J connectivity index is 2.33. The van der Waals surface area contributed by atoms with Gasteiger partial charge in [-0.15, -0.1) is 0 Å². The topological polar surface area (TPSA) is 122 Å². The van der Waals surface area contributed by atoms with E-state index in [4.69, 9.17) is 27.5 Å². The van der Waals surface area contributed by atoms with Crippen LogP contribution in [0.25, 0.3) is 6.08 Å². The molecule has 0 fully saturated rings. The summed E-state index contributed by atoms with van der Waals surface area (Å²) in [5, 5.41) is 12.4. The van der Waals surface area contributed by atoms with Gasteiger partial charge in [0.1, 0.15) is 11.5 Å². The van der Waals surface area contributed by atoms with Gasteiger partial charge in [-0.25, -0.2) is 9.59 Å². The summed E-state index contributed by atoms with van der Waals surface area (Å²) in [4.78, 5) is 23.7. The lowest BCUT2D eigenvalue weighted by Gasteiger charge is -2.28. The van der Waals surface area contributed by atoms with E-state index in [1.54, 1.807) is 38.5 Å². The second-order valence-electron chi connectivity index (χ2n) is 8.40. The van der Waals surface area contributed by atoms with Gasteiger partial charge < -0.3 is 37.9 Å². The average molecular weight is 556 g/mol. The monoisotopic (exact) mass is 555 g/mol. The van der Waals surface area contributed by atoms with Gasteiger partial charge in [0.2, 0.25) is 0 Å². The number of carbonyl (C=O) groups is 2. The number of nitrogens with one attached hydrogen (secondary N) is 1. The molecule has 1 aromatic rings. The van der Waals surface area contributed by atoms with Gasteiger partial charge in [0.05, 0.1) is 20.8 Å². The lowest BCUT2D eigenvalue weighted by molar-refractivity contribution is -0.132. The van der Waals surface area contributed by atoms with Crippen LogP contribution in [-0.4, -0.2) is 73.2 Å². The van der Waals surface area contributed by atoms with E-state index >= 15 is 0 Å². The first-order valence-corrected chi connectivity index (χ1v) is 15.3. The average Bonchev–Trinajstić information content (AvgIpc) is 2.90. The Hall–Kier alpha value is -2.60. The summed E-state index contributed by atoms with van der Waals surface area (Å²) in [7, 11) is 0.398. The maximum Gasteiger partial charge on any atom is 0.500 e. The predicted octanol–water partition coefficient (Wildman–Crippen LogP) is 5.29. The van der Waals surface area contributed by atoms with Crippen LogP contribution >= 0.6 is 0 Å². The molecule has 216 valence electrons. The standard InChI is InChI=1S/C27H45NO9Si/c1-6-35-38(36-7-2,37-8-3)19-13-17-28-27(31)34-18-12-10-9-11-14-22(26(29)30)20-23-21-24(32-4)15-16-25(23)33-5/h15-16,20-21H,6-14,17-19H2,1-5H3,(H,28,31)(H,29,30)/b22-20+. The lowest BCUT2D eigenvalue weighted by atomic mass is 10.0. The van der Waals surface area contributed by atoms with Crippen LogP contribution in [0.1, 0.15) is 64.9 Å². The van der Waals surface area contributed by atoms with Crippen molar-refractivity contribution in [3.63, 3.8) is 0 Å². The van der Waals surface area contributed by atoms with Gasteiger partial charge in [-0.05, 0) is 70.7 Å². The molecule has 0 heterocycles. The molecule has 0 aliphatic heterocycles. The number of hydrogen-bond acceptors (Lipinski definition) is 8. The highest BCUT2D eigenvalue weighted by molar-refractivity contribution is 6.60. The molecule has 1 aromatic carbocycles. The van der Waals surface area contributed by atoms with Gasteiger partial charge in [-0.1, -0.05) is 12.8 Å². The van der Waals surface area contributed by atoms with Gasteiger partial charge in [-0.3, -0.25) is 0 Å². The van der Waals surface area contributed by atoms with Crippen molar-refractivity contribution in [2.45, 2.75) is 65.3 Å². The zero-order valence-electron chi connectivity index (χ0n) is 23.5. The highest BCUT2D eigenvalue weighted by Crippen LogP contribution is 2.27. The summed E-state index contributed by atoms with van der Waals surface area (Å²) in [6.07, 6.45) is 5.33. The van der Waals surface area contributed by atoms with Gasteiger partial charge in [-0.2, -0.15) is 0 Å². The fourth-order valence-corrected chi connectivity index (χ4v) is 6.48. The molecule has 0 saturated carbocycles. The van der Waals surface area contributed by atoms with Crippen LogP contribution in [0.4, 0.5) is 4.79 Å². The molecule has 0 aromatic heterocycles. The smallest absolute Gasteiger partial charge is 0.497 e. The van der Waals surface area contributed by atoms with E-state index in [9.17, 15) is 14.7 Å². The number of methoxy groups -OCH3 is 2. The molecule has 0 aliphatic rings. The Bertz CT molecular complexity index is 846. The van der Waals surface area contributed by atoms with Crippen molar-refractivity contribution in [1.29, 1.82) is 0 Å². The summed E-state index contributed by atoms with van der Waals surface area (Å²) < 4.78 is 33.2. The molecule has 10 nitrogen and oxygen atoms in total. The van der Waals surface area contributed by atoms with Gasteiger partial charge in [0, 0.05) is 43.5 Å². The van der Waals surface area contributed by atoms with E-state index in [0.29, 0.717) is 87.3 Å². The van der Waals surface area contributed by atoms with Crippen molar-refractivity contribution in [2.75, 3.05) is 47.2 Å². The number of rotatable bonds is 21. The molecule has 0 spiro atoms. The number of ether oxygens (including phenoxy) is 3. The quantitative estimate of drug-likeness (QED) is 0.118. The fourth-order valence-electron chi connectivity index (χ4n) is 3.86. The van der Waals surface area contributed by atoms with Crippen LogP contribution < -0.4 is 14.8 Å². The zero-order chi connectivity index (χ0) is 28.2. The van der Waals surface area contributed by atoms with Crippen LogP contribution in [0.5, 0.6) is 11.5 Å². The van der Waals surface area contributed by atoms with E-state index in [0.717, 1.165) is 12.8 Å². The molecule has 0 unspecified atom stereocenters. The maximum absolute atomic E-state index is 12.0. The minimum Gasteiger partial charge on any atom is -0.497 e. The number of unbranched alkanes of at least 4 members (excludes halogenated alkanes) is 3. The van der Waals surface area contributed by atoms with E-state index in [1.807, 2.05) is 20.8 Å². The number of amides is 1. The first-order valence-electron chi connectivity index (χ1n) is 13.3. The van der Waals surface area contributed by atoms with Gasteiger partial charge >= 0.3 is 20.9 Å². The molecule has 0 aliphatic carbocycles. The fraction of sp³-hybridized carbons (Fsp3) is 0.630. The number of carbonyl (C=O) groups excluding carboxylic acids is 1. The van der Waals surface area contributed by atoms with Gasteiger partial charge in [0.15, 0.2) is 0 Å². The Labute approximate surface area is 228 Å². The first kappa shape index (κ1) is 33.4. The number of aliphatic carboxylic acids is 1. The number of benzene rings is 1. The summed E-state index contributed by atoms with van der Waals surface area (Å²) in [6, 6.07) is 5.88. The Morgan fingerprint density at radius 3 is 2.16 bits per heavy atom. The summed E-state index contributed by atoms with van der Waals surface area (Å²) in [6.45, 7) is 8.06. The molecule has 0 bridgehead atoms. The summed E-state index contributed by atoms with van der Waals surface area (Å²) >= 11 is 0. The van der Waals surface area contributed by atoms with Crippen LogP contribution in [0, 0.1) is 0 Å². The Morgan fingerprint density at radius 1 is 0.921 bits per heavy atom. The Morgan fingerprint density at radius 2 is 1.58 bits per heavy atom. The SMILES string of the molecule is CCO[Si](CCCNC(=O)OCCCCCC/C(=C\c1cc(OC)ccc1OC)C(=O)O)(OCC)OCC. The number of alkyl carbamates (subject to hydrolysis) is 1. The van der Waals surface area contributed by atoms with E-state index in [-0.39, 0.29) is 0 Å². The van der Waals surface area contributed by atoms with Crippen molar-refractivity contribution < 1.29 is 42.2 Å². The molecule has 2 N–H and O–H groups in total. The maximum atomic E-state index is 12.0. The molecule has 0 atom stereocenters. The highest BCUT2D eigenvalue weighted by atomic mass is 28.4. The van der Waals surface area contributed by atoms with Gasteiger partial charge in [0.25, 0.3) is 0 Å². The molecule has 1 amide bonds. The van der Waals surface area contributed by atoms with E-state index in [2.05, 4.69) is 5.32 Å². The molecule has 0 radical (unpaired) electrons. The highest BCUT2D eigenvalue weighted by Gasteiger charge is 2.39. The third kappa shape index (κ3) is 12.8. The number of carboxylic acids is 1. The molecule has 38 heavy (non-hydrogen) atoms. The molecule has 11 heteroatoms. The van der Waals surface area contributed by atoms with Crippen LogP contribution in [0.2, 0.25) is 6.04 Å². The zero-order valence-corrected chi connectivity index (χ0v) is 24.5. The van der Waals surface area contributed by atoms with Crippen LogP contribution in [-0.2, 0) is 22.8 Å².